The van der Waals surface area contributed by atoms with Gasteiger partial charge < -0.3 is 0 Å². The number of benzene rings is 2. The smallest absolute Gasteiger partial charge is 0.00899 e. The summed E-state index contributed by atoms with van der Waals surface area (Å²) in [7, 11) is 0. The molecule has 1 fully saturated rings. The van der Waals surface area contributed by atoms with Crippen LogP contribution in [0, 0.1) is 0 Å². The average molecular weight is 232 g/mol. The van der Waals surface area contributed by atoms with Gasteiger partial charge in [-0.05, 0) is 70.2 Å². The highest BCUT2D eigenvalue weighted by atomic mass is 14.4. The van der Waals surface area contributed by atoms with Gasteiger partial charge in [0.2, 0.25) is 0 Å². The van der Waals surface area contributed by atoms with Gasteiger partial charge in [-0.15, -0.1) is 0 Å². The number of hydrogen-bond donors (Lipinski definition) is 0. The standard InChI is InChI=1S/C18H16/c1-2-6-12-11(5-1)15-9-17-13-7-3-4-8-14(13)18(17)10-16(12)15/h1-2,5-6,9-10,13-14H,3-4,7-8H2. The molecular weight excluding hydrogens is 216 g/mol. The minimum atomic E-state index is 0.895. The molecule has 88 valence electrons. The van der Waals surface area contributed by atoms with Crippen LogP contribution in [0.3, 0.4) is 0 Å². The first-order valence-corrected chi connectivity index (χ1v) is 7.21. The lowest BCUT2D eigenvalue weighted by atomic mass is 9.59. The van der Waals surface area contributed by atoms with E-state index in [4.69, 9.17) is 0 Å². The van der Waals surface area contributed by atoms with E-state index in [1.54, 1.807) is 11.1 Å². The molecule has 0 heterocycles. The molecule has 3 aliphatic rings. The highest BCUT2D eigenvalue weighted by Gasteiger charge is 2.40. The Kier molecular flexibility index (Phi) is 1.59. The normalized spacial score (nSPS) is 26.0. The topological polar surface area (TPSA) is 0 Å². The van der Waals surface area contributed by atoms with E-state index in [0.29, 0.717) is 0 Å². The molecule has 0 radical (unpaired) electrons. The van der Waals surface area contributed by atoms with E-state index in [0.717, 1.165) is 11.8 Å². The molecule has 18 heavy (non-hydrogen) atoms. The number of rotatable bonds is 0. The summed E-state index contributed by atoms with van der Waals surface area (Å²) in [6.45, 7) is 0. The summed E-state index contributed by atoms with van der Waals surface area (Å²) in [5, 5.41) is 0. The second-order valence-electron chi connectivity index (χ2n) is 6.07. The number of fused-ring (bicyclic) bond motifs is 8. The lowest BCUT2D eigenvalue weighted by Gasteiger charge is -2.45. The second-order valence-corrected chi connectivity index (χ2v) is 6.07. The third-order valence-electron chi connectivity index (χ3n) is 5.30. The van der Waals surface area contributed by atoms with Gasteiger partial charge in [-0.3, -0.25) is 0 Å². The molecule has 2 unspecified atom stereocenters. The zero-order valence-corrected chi connectivity index (χ0v) is 10.4. The molecule has 0 aromatic heterocycles. The largest absolute Gasteiger partial charge is 0.0616 e. The first kappa shape index (κ1) is 9.38. The molecule has 0 amide bonds. The maximum absolute atomic E-state index is 2.50. The molecule has 3 aliphatic carbocycles. The summed E-state index contributed by atoms with van der Waals surface area (Å²) in [5.41, 5.74) is 9.30. The quantitative estimate of drug-likeness (QED) is 0.506. The Bertz CT molecular complexity index is 608. The molecule has 0 heteroatoms. The fourth-order valence-corrected chi connectivity index (χ4v) is 4.39. The molecule has 5 rings (SSSR count). The Balaban J connectivity index is 1.69. The molecule has 0 nitrogen and oxygen atoms in total. The molecule has 0 bridgehead atoms. The monoisotopic (exact) mass is 232 g/mol. The summed E-state index contributed by atoms with van der Waals surface area (Å²) in [5.74, 6) is 1.79. The van der Waals surface area contributed by atoms with Gasteiger partial charge in [-0.2, -0.15) is 0 Å². The second kappa shape index (κ2) is 3.06. The SMILES string of the molecule is c1ccc2c(c1)-c1cc3c(cc1-2)C1CCCCC31. The number of hydrogen-bond acceptors (Lipinski definition) is 0. The van der Waals surface area contributed by atoms with Crippen LogP contribution >= 0.6 is 0 Å². The fraction of sp³-hybridized carbons (Fsp3) is 0.333. The van der Waals surface area contributed by atoms with Crippen molar-refractivity contribution in [2.75, 3.05) is 0 Å². The first-order valence-electron chi connectivity index (χ1n) is 7.21. The lowest BCUT2D eigenvalue weighted by Crippen LogP contribution is -2.28. The van der Waals surface area contributed by atoms with Crippen LogP contribution in [0.2, 0.25) is 0 Å². The van der Waals surface area contributed by atoms with Crippen molar-refractivity contribution in [3.63, 3.8) is 0 Å². The van der Waals surface area contributed by atoms with Crippen molar-refractivity contribution in [2.24, 2.45) is 0 Å². The molecule has 0 N–H and O–H groups in total. The predicted molar refractivity (Wildman–Crippen MR) is 74.8 cm³/mol. The summed E-state index contributed by atoms with van der Waals surface area (Å²) in [6.07, 6.45) is 5.73. The van der Waals surface area contributed by atoms with Gasteiger partial charge in [0.05, 0.1) is 0 Å². The van der Waals surface area contributed by atoms with Crippen LogP contribution in [-0.4, -0.2) is 0 Å². The molecule has 2 aromatic rings. The van der Waals surface area contributed by atoms with Gasteiger partial charge in [0, 0.05) is 0 Å². The molecule has 0 saturated heterocycles. The van der Waals surface area contributed by atoms with Gasteiger partial charge in [-0.1, -0.05) is 37.1 Å². The van der Waals surface area contributed by atoms with Crippen LogP contribution in [0.4, 0.5) is 0 Å². The van der Waals surface area contributed by atoms with Crippen molar-refractivity contribution in [1.29, 1.82) is 0 Å². The minimum Gasteiger partial charge on any atom is -0.0616 e. The van der Waals surface area contributed by atoms with Crippen LogP contribution in [0.25, 0.3) is 22.3 Å². The van der Waals surface area contributed by atoms with Crippen LogP contribution in [0.1, 0.15) is 48.6 Å². The van der Waals surface area contributed by atoms with Crippen LogP contribution in [0.15, 0.2) is 36.4 Å². The maximum atomic E-state index is 2.50. The fourth-order valence-electron chi connectivity index (χ4n) is 4.39. The van der Waals surface area contributed by atoms with Crippen molar-refractivity contribution < 1.29 is 0 Å². The molecule has 0 aliphatic heterocycles. The third-order valence-corrected chi connectivity index (χ3v) is 5.30. The average Bonchev–Trinajstić information content (AvgIpc) is 2.41. The van der Waals surface area contributed by atoms with E-state index in [9.17, 15) is 0 Å². The van der Waals surface area contributed by atoms with Gasteiger partial charge in [0.15, 0.2) is 0 Å². The van der Waals surface area contributed by atoms with Gasteiger partial charge in [-0.25, -0.2) is 0 Å². The van der Waals surface area contributed by atoms with Gasteiger partial charge >= 0.3 is 0 Å². The van der Waals surface area contributed by atoms with E-state index in [2.05, 4.69) is 36.4 Å². The van der Waals surface area contributed by atoms with Crippen LogP contribution in [0.5, 0.6) is 0 Å². The van der Waals surface area contributed by atoms with E-state index in [1.165, 1.54) is 47.9 Å². The predicted octanol–water partition coefficient (Wildman–Crippen LogP) is 5.09. The Morgan fingerprint density at radius 1 is 0.667 bits per heavy atom. The Morgan fingerprint density at radius 2 is 1.17 bits per heavy atom. The third kappa shape index (κ3) is 0.949. The van der Waals surface area contributed by atoms with Crippen molar-refractivity contribution in [1.82, 2.24) is 0 Å². The highest BCUT2D eigenvalue weighted by molar-refractivity contribution is 6.03. The Hall–Kier alpha value is -1.56. The molecule has 1 saturated carbocycles. The first-order chi connectivity index (χ1) is 8.93. The van der Waals surface area contributed by atoms with Crippen molar-refractivity contribution in [3.05, 3.63) is 47.5 Å². The summed E-state index contributed by atoms with van der Waals surface area (Å²) >= 11 is 0. The van der Waals surface area contributed by atoms with Gasteiger partial charge in [0.25, 0.3) is 0 Å². The Labute approximate surface area is 108 Å². The van der Waals surface area contributed by atoms with Crippen molar-refractivity contribution in [2.45, 2.75) is 37.5 Å². The van der Waals surface area contributed by atoms with Gasteiger partial charge in [0.1, 0.15) is 0 Å². The van der Waals surface area contributed by atoms with Crippen molar-refractivity contribution in [3.8, 4) is 22.3 Å². The maximum Gasteiger partial charge on any atom is -0.00899 e. The molecular formula is C18H16. The van der Waals surface area contributed by atoms with E-state index in [-0.39, 0.29) is 0 Å². The minimum absolute atomic E-state index is 0.895. The summed E-state index contributed by atoms with van der Waals surface area (Å²) in [4.78, 5) is 0. The zero-order valence-electron chi connectivity index (χ0n) is 10.4. The molecule has 2 atom stereocenters. The highest BCUT2D eigenvalue weighted by Crippen LogP contribution is 2.59. The summed E-state index contributed by atoms with van der Waals surface area (Å²) < 4.78 is 0. The van der Waals surface area contributed by atoms with Crippen LogP contribution < -0.4 is 0 Å². The van der Waals surface area contributed by atoms with Crippen molar-refractivity contribution >= 4 is 0 Å². The van der Waals surface area contributed by atoms with E-state index >= 15 is 0 Å². The molecule has 0 spiro atoms. The lowest BCUT2D eigenvalue weighted by molar-refractivity contribution is 0.341. The summed E-state index contributed by atoms with van der Waals surface area (Å²) in [6, 6.07) is 13.8. The van der Waals surface area contributed by atoms with Crippen LogP contribution in [-0.2, 0) is 0 Å². The zero-order chi connectivity index (χ0) is 11.7. The van der Waals surface area contributed by atoms with E-state index < -0.39 is 0 Å². The van der Waals surface area contributed by atoms with E-state index in [1.807, 2.05) is 0 Å². The Morgan fingerprint density at radius 3 is 1.67 bits per heavy atom. The molecule has 2 aromatic carbocycles.